The maximum Gasteiger partial charge on any atom is 0.249 e. The Morgan fingerprint density at radius 1 is 1.53 bits per heavy atom. The summed E-state index contributed by atoms with van der Waals surface area (Å²) in [6.07, 6.45) is 1.56. The first-order chi connectivity index (χ1) is 7.13. The van der Waals surface area contributed by atoms with Crippen molar-refractivity contribution in [1.29, 1.82) is 0 Å². The molecule has 0 aromatic carbocycles. The van der Waals surface area contributed by atoms with Crippen LogP contribution in [0.4, 0.5) is 0 Å². The summed E-state index contributed by atoms with van der Waals surface area (Å²) in [6.45, 7) is 0.447. The lowest BCUT2D eigenvalue weighted by Gasteiger charge is -2.21. The number of rotatable bonds is 4. The molecule has 84 valence electrons. The van der Waals surface area contributed by atoms with Gasteiger partial charge in [0.25, 0.3) is 0 Å². The molecule has 15 heavy (non-hydrogen) atoms. The third-order valence-corrected chi connectivity index (χ3v) is 2.18. The lowest BCUT2D eigenvalue weighted by molar-refractivity contribution is -0.137. The molecule has 1 fully saturated rings. The van der Waals surface area contributed by atoms with E-state index in [0.717, 1.165) is 0 Å². The lowest BCUT2D eigenvalue weighted by atomic mass is 10.1. The summed E-state index contributed by atoms with van der Waals surface area (Å²) >= 11 is 0. The zero-order chi connectivity index (χ0) is 11.3. The molecule has 3 amide bonds. The van der Waals surface area contributed by atoms with Gasteiger partial charge in [-0.25, -0.2) is 0 Å². The Morgan fingerprint density at radius 3 is 2.87 bits per heavy atom. The van der Waals surface area contributed by atoms with Gasteiger partial charge in [0.05, 0.1) is 0 Å². The molecule has 1 rings (SSSR count). The summed E-state index contributed by atoms with van der Waals surface area (Å²) in [5.41, 5.74) is 5.25. The molecule has 6 nitrogen and oxygen atoms in total. The lowest BCUT2D eigenvalue weighted by Crippen LogP contribution is -2.52. The van der Waals surface area contributed by atoms with Gasteiger partial charge in [-0.1, -0.05) is 0 Å². The fourth-order valence-corrected chi connectivity index (χ4v) is 1.36. The predicted octanol–water partition coefficient (Wildman–Crippen LogP) is -1.35. The van der Waals surface area contributed by atoms with Gasteiger partial charge in [0.15, 0.2) is 0 Å². The second kappa shape index (κ2) is 5.45. The van der Waals surface area contributed by atoms with Crippen molar-refractivity contribution in [2.24, 2.45) is 5.73 Å². The summed E-state index contributed by atoms with van der Waals surface area (Å²) < 4.78 is 0. The molecule has 0 aromatic rings. The van der Waals surface area contributed by atoms with Gasteiger partial charge >= 0.3 is 0 Å². The minimum atomic E-state index is -0.576. The van der Waals surface area contributed by atoms with E-state index < -0.39 is 11.9 Å². The Bertz CT molecular complexity index is 278. The quantitative estimate of drug-likeness (QED) is 0.502. The van der Waals surface area contributed by atoms with Crippen molar-refractivity contribution in [2.45, 2.75) is 31.7 Å². The van der Waals surface area contributed by atoms with Crippen molar-refractivity contribution in [3.8, 4) is 0 Å². The molecule has 1 aliphatic rings. The van der Waals surface area contributed by atoms with Crippen molar-refractivity contribution in [2.75, 3.05) is 6.54 Å². The van der Waals surface area contributed by atoms with Crippen LogP contribution in [0.5, 0.6) is 0 Å². The van der Waals surface area contributed by atoms with Crippen molar-refractivity contribution >= 4 is 17.7 Å². The van der Waals surface area contributed by atoms with Crippen LogP contribution in [0.15, 0.2) is 0 Å². The molecule has 1 saturated heterocycles. The Kier molecular flexibility index (Phi) is 4.23. The third-order valence-electron chi connectivity index (χ3n) is 2.18. The molecular formula is C9H15N3O3. The van der Waals surface area contributed by atoms with E-state index in [2.05, 4.69) is 10.6 Å². The number of hydrogen-bond acceptors (Lipinski definition) is 4. The van der Waals surface area contributed by atoms with Gasteiger partial charge in [-0.2, -0.15) is 0 Å². The van der Waals surface area contributed by atoms with Crippen LogP contribution in [-0.2, 0) is 14.4 Å². The molecule has 1 atom stereocenters. The smallest absolute Gasteiger partial charge is 0.249 e. The van der Waals surface area contributed by atoms with Crippen LogP contribution in [0.25, 0.3) is 0 Å². The van der Waals surface area contributed by atoms with Crippen molar-refractivity contribution in [1.82, 2.24) is 10.6 Å². The maximum absolute atomic E-state index is 11.3. The summed E-state index contributed by atoms with van der Waals surface area (Å²) in [5.74, 6) is -0.908. The molecule has 4 N–H and O–H groups in total. The monoisotopic (exact) mass is 213 g/mol. The van der Waals surface area contributed by atoms with Crippen LogP contribution in [-0.4, -0.2) is 30.3 Å². The van der Waals surface area contributed by atoms with Gasteiger partial charge in [0.1, 0.15) is 6.04 Å². The van der Waals surface area contributed by atoms with E-state index in [-0.39, 0.29) is 18.2 Å². The Morgan fingerprint density at radius 2 is 2.27 bits per heavy atom. The van der Waals surface area contributed by atoms with E-state index in [1.165, 1.54) is 0 Å². The van der Waals surface area contributed by atoms with E-state index in [1.54, 1.807) is 0 Å². The SMILES string of the molecule is NCCCC(=O)NC1CCC(=O)NC1=O. The molecular weight excluding hydrogens is 198 g/mol. The van der Waals surface area contributed by atoms with Gasteiger partial charge in [0, 0.05) is 12.8 Å². The fourth-order valence-electron chi connectivity index (χ4n) is 1.36. The van der Waals surface area contributed by atoms with Crippen LogP contribution in [0.1, 0.15) is 25.7 Å². The summed E-state index contributed by atoms with van der Waals surface area (Å²) in [4.78, 5) is 33.3. The first-order valence-corrected chi connectivity index (χ1v) is 4.96. The molecule has 0 bridgehead atoms. The highest BCUT2D eigenvalue weighted by molar-refractivity contribution is 6.01. The third kappa shape index (κ3) is 3.67. The first-order valence-electron chi connectivity index (χ1n) is 4.96. The van der Waals surface area contributed by atoms with E-state index >= 15 is 0 Å². The molecule has 6 heteroatoms. The number of piperidine rings is 1. The van der Waals surface area contributed by atoms with Crippen LogP contribution in [0.3, 0.4) is 0 Å². The van der Waals surface area contributed by atoms with Crippen molar-refractivity contribution < 1.29 is 14.4 Å². The van der Waals surface area contributed by atoms with Gasteiger partial charge in [0.2, 0.25) is 17.7 Å². The fraction of sp³-hybridized carbons (Fsp3) is 0.667. The van der Waals surface area contributed by atoms with Crippen LogP contribution >= 0.6 is 0 Å². The molecule has 0 radical (unpaired) electrons. The highest BCUT2D eigenvalue weighted by Crippen LogP contribution is 2.04. The van der Waals surface area contributed by atoms with Gasteiger partial charge in [-0.15, -0.1) is 0 Å². The molecule has 1 aliphatic heterocycles. The van der Waals surface area contributed by atoms with Crippen LogP contribution < -0.4 is 16.4 Å². The molecule has 0 aromatic heterocycles. The van der Waals surface area contributed by atoms with Gasteiger partial charge < -0.3 is 11.1 Å². The average Bonchev–Trinajstić information content (AvgIpc) is 2.19. The highest BCUT2D eigenvalue weighted by Gasteiger charge is 2.27. The Hall–Kier alpha value is -1.43. The van der Waals surface area contributed by atoms with E-state index in [1.807, 2.05) is 0 Å². The summed E-state index contributed by atoms with van der Waals surface area (Å²) in [7, 11) is 0. The van der Waals surface area contributed by atoms with Crippen LogP contribution in [0, 0.1) is 0 Å². The number of hydrogen-bond donors (Lipinski definition) is 3. The Balaban J connectivity index is 2.34. The van der Waals surface area contributed by atoms with Crippen LogP contribution in [0.2, 0.25) is 0 Å². The van der Waals surface area contributed by atoms with E-state index in [4.69, 9.17) is 5.73 Å². The van der Waals surface area contributed by atoms with Gasteiger partial charge in [-0.3, -0.25) is 19.7 Å². The zero-order valence-electron chi connectivity index (χ0n) is 8.41. The largest absolute Gasteiger partial charge is 0.344 e. The second-order valence-electron chi connectivity index (χ2n) is 3.46. The summed E-state index contributed by atoms with van der Waals surface area (Å²) in [5, 5.41) is 4.74. The van der Waals surface area contributed by atoms with Crippen molar-refractivity contribution in [3.63, 3.8) is 0 Å². The minimum Gasteiger partial charge on any atom is -0.344 e. The van der Waals surface area contributed by atoms with Crippen molar-refractivity contribution in [3.05, 3.63) is 0 Å². The molecule has 1 heterocycles. The number of imide groups is 1. The maximum atomic E-state index is 11.3. The van der Waals surface area contributed by atoms with E-state index in [9.17, 15) is 14.4 Å². The van der Waals surface area contributed by atoms with Gasteiger partial charge in [-0.05, 0) is 19.4 Å². The average molecular weight is 213 g/mol. The summed E-state index contributed by atoms with van der Waals surface area (Å²) in [6, 6.07) is -0.576. The predicted molar refractivity (Wildman–Crippen MR) is 52.6 cm³/mol. The standard InChI is InChI=1S/C9H15N3O3/c10-5-1-2-7(13)11-6-3-4-8(14)12-9(6)15/h6H,1-5,10H2,(H,11,13)(H,12,14,15). The second-order valence-corrected chi connectivity index (χ2v) is 3.46. The number of nitrogens with two attached hydrogens (primary N) is 1. The highest BCUT2D eigenvalue weighted by atomic mass is 16.2. The number of amides is 3. The topological polar surface area (TPSA) is 101 Å². The number of carbonyl (C=O) groups excluding carboxylic acids is 3. The minimum absolute atomic E-state index is 0.199. The zero-order valence-corrected chi connectivity index (χ0v) is 8.41. The molecule has 0 saturated carbocycles. The van der Waals surface area contributed by atoms with E-state index in [0.29, 0.717) is 25.8 Å². The molecule has 0 aliphatic carbocycles. The number of nitrogens with one attached hydrogen (secondary N) is 2. The Labute approximate surface area is 87.6 Å². The molecule has 0 spiro atoms. The first kappa shape index (κ1) is 11.6. The molecule has 1 unspecified atom stereocenters. The normalized spacial score (nSPS) is 21.0. The number of carbonyl (C=O) groups is 3.